The predicted molar refractivity (Wildman–Crippen MR) is 51.6 cm³/mol. The summed E-state index contributed by atoms with van der Waals surface area (Å²) in [6.45, 7) is 2.95. The summed E-state index contributed by atoms with van der Waals surface area (Å²) in [5.41, 5.74) is 0. The summed E-state index contributed by atoms with van der Waals surface area (Å²) in [6.07, 6.45) is 5.78. The van der Waals surface area contributed by atoms with Crippen LogP contribution < -0.4 is 0 Å². The summed E-state index contributed by atoms with van der Waals surface area (Å²) in [5, 5.41) is 0. The van der Waals surface area contributed by atoms with Gasteiger partial charge in [-0.3, -0.25) is 4.79 Å². The van der Waals surface area contributed by atoms with Crippen LogP contribution in [0.5, 0.6) is 0 Å². The SMILES string of the molecule is CCCOC=O.Cl.c1cncnc1. The van der Waals surface area contributed by atoms with E-state index >= 15 is 0 Å². The van der Waals surface area contributed by atoms with E-state index in [0.29, 0.717) is 13.1 Å². The normalized spacial score (nSPS) is 7.15. The first kappa shape index (κ1) is 14.4. The van der Waals surface area contributed by atoms with E-state index < -0.39 is 0 Å². The molecule has 0 aliphatic heterocycles. The Balaban J connectivity index is 0. The largest absolute Gasteiger partial charge is 0.468 e. The lowest BCUT2D eigenvalue weighted by Crippen LogP contribution is -1.86. The molecule has 1 heterocycles. The first-order chi connectivity index (χ1) is 5.91. The zero-order valence-electron chi connectivity index (χ0n) is 7.42. The van der Waals surface area contributed by atoms with E-state index in [1.807, 2.05) is 6.92 Å². The summed E-state index contributed by atoms with van der Waals surface area (Å²) >= 11 is 0. The van der Waals surface area contributed by atoms with Crippen LogP contribution in [0.2, 0.25) is 0 Å². The standard InChI is InChI=1S/C4H4N2.C4H8O2.ClH/c1-2-5-4-6-3-1;1-2-3-6-4-5;/h1-4H;4H,2-3H2,1H3;1H. The van der Waals surface area contributed by atoms with Gasteiger partial charge in [-0.2, -0.15) is 0 Å². The molecule has 0 fully saturated rings. The number of hydrogen-bond acceptors (Lipinski definition) is 4. The number of carbonyl (C=O) groups is 1. The average molecular weight is 205 g/mol. The summed E-state index contributed by atoms with van der Waals surface area (Å²) in [4.78, 5) is 16.7. The molecule has 0 bridgehead atoms. The Bertz CT molecular complexity index is 158. The number of hydrogen-bond donors (Lipinski definition) is 0. The van der Waals surface area contributed by atoms with E-state index in [-0.39, 0.29) is 12.4 Å². The van der Waals surface area contributed by atoms with E-state index in [9.17, 15) is 4.79 Å². The highest BCUT2D eigenvalue weighted by atomic mass is 35.5. The van der Waals surface area contributed by atoms with Crippen molar-refractivity contribution >= 4 is 18.9 Å². The minimum Gasteiger partial charge on any atom is -0.468 e. The number of nitrogens with zero attached hydrogens (tertiary/aromatic N) is 2. The van der Waals surface area contributed by atoms with E-state index in [2.05, 4.69) is 14.7 Å². The lowest BCUT2D eigenvalue weighted by Gasteiger charge is -1.86. The first-order valence-corrected chi connectivity index (χ1v) is 3.67. The van der Waals surface area contributed by atoms with Gasteiger partial charge in [-0.1, -0.05) is 6.92 Å². The van der Waals surface area contributed by atoms with Crippen molar-refractivity contribution in [3.8, 4) is 0 Å². The van der Waals surface area contributed by atoms with Crippen molar-refractivity contribution in [3.63, 3.8) is 0 Å². The number of halogens is 1. The third kappa shape index (κ3) is 13.8. The molecular formula is C8H13ClN2O2. The van der Waals surface area contributed by atoms with Crippen LogP contribution in [0.3, 0.4) is 0 Å². The zero-order valence-corrected chi connectivity index (χ0v) is 8.24. The minimum atomic E-state index is 0. The van der Waals surface area contributed by atoms with Gasteiger partial charge < -0.3 is 4.74 Å². The molecule has 0 aromatic carbocycles. The molecule has 0 saturated carbocycles. The van der Waals surface area contributed by atoms with E-state index in [1.165, 1.54) is 6.33 Å². The number of rotatable bonds is 3. The lowest BCUT2D eigenvalue weighted by atomic mass is 10.5. The van der Waals surface area contributed by atoms with Gasteiger partial charge >= 0.3 is 0 Å². The van der Waals surface area contributed by atoms with Gasteiger partial charge in [-0.05, 0) is 12.5 Å². The van der Waals surface area contributed by atoms with E-state index in [0.717, 1.165) is 6.42 Å². The second kappa shape index (κ2) is 13.4. The number of aromatic nitrogens is 2. The molecule has 13 heavy (non-hydrogen) atoms. The molecule has 0 aliphatic carbocycles. The van der Waals surface area contributed by atoms with Gasteiger partial charge in [0.1, 0.15) is 6.33 Å². The number of ether oxygens (including phenoxy) is 1. The minimum absolute atomic E-state index is 0. The molecule has 0 aliphatic rings. The van der Waals surface area contributed by atoms with Gasteiger partial charge in [0.25, 0.3) is 6.47 Å². The molecule has 1 aromatic rings. The Labute approximate surface area is 83.8 Å². The molecule has 0 spiro atoms. The van der Waals surface area contributed by atoms with Crippen LogP contribution in [0.4, 0.5) is 0 Å². The molecule has 0 saturated heterocycles. The first-order valence-electron chi connectivity index (χ1n) is 3.67. The summed E-state index contributed by atoms with van der Waals surface area (Å²) in [5.74, 6) is 0. The molecule has 5 heteroatoms. The fourth-order valence-electron chi connectivity index (χ4n) is 0.419. The smallest absolute Gasteiger partial charge is 0.293 e. The predicted octanol–water partition coefficient (Wildman–Crippen LogP) is 1.47. The molecular weight excluding hydrogens is 192 g/mol. The molecule has 0 unspecified atom stereocenters. The monoisotopic (exact) mass is 204 g/mol. The molecule has 0 amide bonds. The van der Waals surface area contributed by atoms with Crippen molar-refractivity contribution in [2.45, 2.75) is 13.3 Å². The fraction of sp³-hybridized carbons (Fsp3) is 0.375. The highest BCUT2D eigenvalue weighted by Crippen LogP contribution is 1.71. The topological polar surface area (TPSA) is 52.1 Å². The van der Waals surface area contributed by atoms with E-state index in [1.54, 1.807) is 18.5 Å². The van der Waals surface area contributed by atoms with Crippen LogP contribution in [0.1, 0.15) is 13.3 Å². The molecule has 4 nitrogen and oxygen atoms in total. The molecule has 0 radical (unpaired) electrons. The Kier molecular flexibility index (Phi) is 14.8. The van der Waals surface area contributed by atoms with Crippen LogP contribution in [0, 0.1) is 0 Å². The van der Waals surface area contributed by atoms with Crippen LogP contribution in [-0.4, -0.2) is 23.0 Å². The lowest BCUT2D eigenvalue weighted by molar-refractivity contribution is -0.128. The third-order valence-electron chi connectivity index (χ3n) is 0.868. The van der Waals surface area contributed by atoms with Crippen molar-refractivity contribution in [1.29, 1.82) is 0 Å². The summed E-state index contributed by atoms with van der Waals surface area (Å²) < 4.78 is 4.30. The molecule has 0 N–H and O–H groups in total. The van der Waals surface area contributed by atoms with Crippen molar-refractivity contribution in [2.75, 3.05) is 6.61 Å². The second-order valence-electron chi connectivity index (χ2n) is 1.87. The second-order valence-corrected chi connectivity index (χ2v) is 1.87. The fourth-order valence-corrected chi connectivity index (χ4v) is 0.419. The van der Waals surface area contributed by atoms with Gasteiger partial charge in [-0.15, -0.1) is 12.4 Å². The average Bonchev–Trinajstić information content (AvgIpc) is 2.18. The van der Waals surface area contributed by atoms with Gasteiger partial charge in [0.05, 0.1) is 6.61 Å². The maximum absolute atomic E-state index is 9.34. The Hall–Kier alpha value is -1.16. The van der Waals surface area contributed by atoms with Crippen molar-refractivity contribution < 1.29 is 9.53 Å². The Morgan fingerprint density at radius 1 is 1.38 bits per heavy atom. The van der Waals surface area contributed by atoms with Crippen LogP contribution in [0.25, 0.3) is 0 Å². The molecule has 0 atom stereocenters. The zero-order chi connectivity index (χ0) is 9.07. The van der Waals surface area contributed by atoms with Crippen LogP contribution in [-0.2, 0) is 9.53 Å². The van der Waals surface area contributed by atoms with Gasteiger partial charge in [0.15, 0.2) is 0 Å². The highest BCUT2D eigenvalue weighted by molar-refractivity contribution is 5.85. The number of carbonyl (C=O) groups excluding carboxylic acids is 1. The molecule has 1 rings (SSSR count). The quantitative estimate of drug-likeness (QED) is 0.553. The van der Waals surface area contributed by atoms with Gasteiger partial charge in [0, 0.05) is 12.4 Å². The van der Waals surface area contributed by atoms with E-state index in [4.69, 9.17) is 0 Å². The summed E-state index contributed by atoms with van der Waals surface area (Å²) in [7, 11) is 0. The van der Waals surface area contributed by atoms with Crippen molar-refractivity contribution in [2.24, 2.45) is 0 Å². The summed E-state index contributed by atoms with van der Waals surface area (Å²) in [6, 6.07) is 1.78. The van der Waals surface area contributed by atoms with Gasteiger partial charge in [-0.25, -0.2) is 9.97 Å². The maximum Gasteiger partial charge on any atom is 0.293 e. The van der Waals surface area contributed by atoms with Crippen molar-refractivity contribution in [3.05, 3.63) is 24.8 Å². The van der Waals surface area contributed by atoms with Crippen LogP contribution in [0.15, 0.2) is 24.8 Å². The van der Waals surface area contributed by atoms with Crippen LogP contribution >= 0.6 is 12.4 Å². The molecule has 74 valence electrons. The van der Waals surface area contributed by atoms with Gasteiger partial charge in [0.2, 0.25) is 0 Å². The molecule has 1 aromatic heterocycles. The third-order valence-corrected chi connectivity index (χ3v) is 0.868. The Morgan fingerprint density at radius 2 is 2.00 bits per heavy atom. The highest BCUT2D eigenvalue weighted by Gasteiger charge is 1.71. The van der Waals surface area contributed by atoms with Crippen molar-refractivity contribution in [1.82, 2.24) is 9.97 Å². The maximum atomic E-state index is 9.34. The Morgan fingerprint density at radius 3 is 2.15 bits per heavy atom.